The Hall–Kier alpha value is -2.08. The summed E-state index contributed by atoms with van der Waals surface area (Å²) >= 11 is 0. The number of piperidine rings is 1. The second-order valence-corrected chi connectivity index (χ2v) is 7.49. The van der Waals surface area contributed by atoms with E-state index in [1.165, 1.54) is 0 Å². The van der Waals surface area contributed by atoms with Gasteiger partial charge in [-0.25, -0.2) is 0 Å². The third-order valence-corrected chi connectivity index (χ3v) is 5.51. The van der Waals surface area contributed by atoms with Crippen LogP contribution in [0.5, 0.6) is 0 Å². The van der Waals surface area contributed by atoms with Crippen molar-refractivity contribution in [2.45, 2.75) is 53.6 Å². The lowest BCUT2D eigenvalue weighted by atomic mass is 9.96. The maximum Gasteiger partial charge on any atom is 0.241 e. The molecule has 0 atom stereocenters. The van der Waals surface area contributed by atoms with E-state index < -0.39 is 0 Å². The fraction of sp³-hybridized carbons (Fsp3) is 0.600. The number of nitrogens with one attached hydrogen (secondary N) is 1. The minimum Gasteiger partial charge on any atom is -0.465 e. The van der Waals surface area contributed by atoms with Crippen LogP contribution >= 0.6 is 0 Å². The lowest BCUT2D eigenvalue weighted by Crippen LogP contribution is -2.39. The van der Waals surface area contributed by atoms with Crippen molar-refractivity contribution >= 4 is 5.91 Å². The Kier molecular flexibility index (Phi) is 5.81. The van der Waals surface area contributed by atoms with Crippen molar-refractivity contribution in [2.24, 2.45) is 5.92 Å². The van der Waals surface area contributed by atoms with Crippen molar-refractivity contribution in [2.75, 3.05) is 19.6 Å². The van der Waals surface area contributed by atoms with E-state index in [0.29, 0.717) is 12.5 Å². The zero-order valence-electron chi connectivity index (χ0n) is 16.3. The Bertz CT molecular complexity index is 754. The molecule has 0 unspecified atom stereocenters. The maximum atomic E-state index is 12.2. The Balaban J connectivity index is 1.39. The van der Waals surface area contributed by atoms with Crippen LogP contribution in [0.3, 0.4) is 0 Å². The second-order valence-electron chi connectivity index (χ2n) is 7.49. The minimum atomic E-state index is 0.0455. The summed E-state index contributed by atoms with van der Waals surface area (Å²) in [5, 5.41) is 7.52. The minimum absolute atomic E-state index is 0.0455. The molecular weight excluding hydrogens is 328 g/mol. The van der Waals surface area contributed by atoms with Gasteiger partial charge < -0.3 is 9.73 Å². The van der Waals surface area contributed by atoms with E-state index in [1.54, 1.807) is 4.68 Å². The number of hydrogen-bond donors (Lipinski definition) is 1. The predicted molar refractivity (Wildman–Crippen MR) is 101 cm³/mol. The highest BCUT2D eigenvalue weighted by molar-refractivity contribution is 5.75. The summed E-state index contributed by atoms with van der Waals surface area (Å²) in [6.45, 7) is 12.1. The predicted octanol–water partition coefficient (Wildman–Crippen LogP) is 2.74. The third kappa shape index (κ3) is 4.55. The topological polar surface area (TPSA) is 63.3 Å². The van der Waals surface area contributed by atoms with Gasteiger partial charge in [-0.3, -0.25) is 14.4 Å². The first-order valence-electron chi connectivity index (χ1n) is 9.47. The van der Waals surface area contributed by atoms with Gasteiger partial charge in [0.1, 0.15) is 18.1 Å². The highest BCUT2D eigenvalue weighted by Crippen LogP contribution is 2.19. The highest BCUT2D eigenvalue weighted by atomic mass is 16.3. The smallest absolute Gasteiger partial charge is 0.241 e. The van der Waals surface area contributed by atoms with Gasteiger partial charge in [0.05, 0.1) is 12.2 Å². The van der Waals surface area contributed by atoms with Crippen LogP contribution in [0.2, 0.25) is 0 Å². The normalized spacial score (nSPS) is 16.2. The van der Waals surface area contributed by atoms with E-state index in [4.69, 9.17) is 4.42 Å². The van der Waals surface area contributed by atoms with E-state index >= 15 is 0 Å². The van der Waals surface area contributed by atoms with Crippen molar-refractivity contribution in [3.63, 3.8) is 0 Å². The van der Waals surface area contributed by atoms with Crippen molar-refractivity contribution in [3.8, 4) is 0 Å². The molecule has 1 aliphatic heterocycles. The monoisotopic (exact) mass is 358 g/mol. The van der Waals surface area contributed by atoms with Crippen molar-refractivity contribution in [1.29, 1.82) is 0 Å². The van der Waals surface area contributed by atoms with Gasteiger partial charge in [-0.15, -0.1) is 0 Å². The molecule has 0 spiro atoms. The molecule has 2 aromatic rings. The molecule has 1 aliphatic rings. The Morgan fingerprint density at radius 3 is 2.54 bits per heavy atom. The molecule has 0 aliphatic carbocycles. The second kappa shape index (κ2) is 8.08. The molecule has 0 saturated carbocycles. The molecule has 1 saturated heterocycles. The van der Waals surface area contributed by atoms with Crippen molar-refractivity contribution < 1.29 is 9.21 Å². The number of nitrogens with zero attached hydrogens (tertiary/aromatic N) is 3. The molecule has 2 aromatic heterocycles. The zero-order chi connectivity index (χ0) is 18.7. The summed E-state index contributed by atoms with van der Waals surface area (Å²) in [6, 6.07) is 4.07. The SMILES string of the molecule is Cc1ccc(CN2CCC(CNC(=O)Cn3nc(C)c(C)c3C)CC2)o1. The lowest BCUT2D eigenvalue weighted by molar-refractivity contribution is -0.122. The highest BCUT2D eigenvalue weighted by Gasteiger charge is 2.21. The molecule has 0 bridgehead atoms. The number of aryl methyl sites for hydroxylation is 2. The van der Waals surface area contributed by atoms with Gasteiger partial charge in [-0.05, 0) is 77.2 Å². The molecular formula is C20H30N4O2. The van der Waals surface area contributed by atoms with Crippen LogP contribution in [0.4, 0.5) is 0 Å². The van der Waals surface area contributed by atoms with Crippen LogP contribution in [0, 0.1) is 33.6 Å². The Morgan fingerprint density at radius 1 is 1.23 bits per heavy atom. The Labute approximate surface area is 155 Å². The molecule has 26 heavy (non-hydrogen) atoms. The summed E-state index contributed by atoms with van der Waals surface area (Å²) < 4.78 is 7.46. The van der Waals surface area contributed by atoms with Gasteiger partial charge in [0.15, 0.2) is 0 Å². The number of amides is 1. The summed E-state index contributed by atoms with van der Waals surface area (Å²) in [5.41, 5.74) is 3.23. The molecule has 6 nitrogen and oxygen atoms in total. The standard InChI is InChI=1S/C20H30N4O2/c1-14-5-6-19(26-14)12-23-9-7-18(8-10-23)11-21-20(25)13-24-17(4)15(2)16(3)22-24/h5-6,18H,7-13H2,1-4H3,(H,21,25). The van der Waals surface area contributed by atoms with Gasteiger partial charge in [-0.1, -0.05) is 0 Å². The maximum absolute atomic E-state index is 12.2. The first-order valence-corrected chi connectivity index (χ1v) is 9.47. The first kappa shape index (κ1) is 18.7. The van der Waals surface area contributed by atoms with Crippen LogP contribution in [0.25, 0.3) is 0 Å². The van der Waals surface area contributed by atoms with Crippen LogP contribution in [-0.2, 0) is 17.9 Å². The summed E-state index contributed by atoms with van der Waals surface area (Å²) in [6.07, 6.45) is 2.22. The molecule has 0 radical (unpaired) electrons. The van der Waals surface area contributed by atoms with Gasteiger partial charge in [0.25, 0.3) is 0 Å². The number of hydrogen-bond acceptors (Lipinski definition) is 4. The van der Waals surface area contributed by atoms with Crippen LogP contribution in [0.15, 0.2) is 16.5 Å². The Morgan fingerprint density at radius 2 is 1.96 bits per heavy atom. The molecule has 3 rings (SSSR count). The molecule has 3 heterocycles. The average molecular weight is 358 g/mol. The van der Waals surface area contributed by atoms with Crippen LogP contribution in [-0.4, -0.2) is 40.2 Å². The van der Waals surface area contributed by atoms with Crippen LogP contribution < -0.4 is 5.32 Å². The largest absolute Gasteiger partial charge is 0.465 e. The zero-order valence-corrected chi connectivity index (χ0v) is 16.3. The summed E-state index contributed by atoms with van der Waals surface area (Å²) in [7, 11) is 0. The fourth-order valence-corrected chi connectivity index (χ4v) is 3.53. The molecule has 1 fully saturated rings. The number of likely N-dealkylation sites (tertiary alicyclic amines) is 1. The van der Waals surface area contributed by atoms with Gasteiger partial charge in [0, 0.05) is 12.2 Å². The number of carbonyl (C=O) groups is 1. The number of furan rings is 1. The van der Waals surface area contributed by atoms with Gasteiger partial charge >= 0.3 is 0 Å². The number of rotatable bonds is 6. The average Bonchev–Trinajstić information content (AvgIpc) is 3.13. The van der Waals surface area contributed by atoms with Crippen molar-refractivity contribution in [1.82, 2.24) is 20.0 Å². The van der Waals surface area contributed by atoms with E-state index in [-0.39, 0.29) is 5.91 Å². The lowest BCUT2D eigenvalue weighted by Gasteiger charge is -2.31. The molecule has 1 N–H and O–H groups in total. The quantitative estimate of drug-likeness (QED) is 0.862. The molecule has 142 valence electrons. The van der Waals surface area contributed by atoms with E-state index in [2.05, 4.69) is 21.4 Å². The summed E-state index contributed by atoms with van der Waals surface area (Å²) in [4.78, 5) is 14.7. The van der Waals surface area contributed by atoms with Crippen molar-refractivity contribution in [3.05, 3.63) is 40.6 Å². The van der Waals surface area contributed by atoms with E-state index in [0.717, 1.165) is 67.5 Å². The van der Waals surface area contributed by atoms with E-state index in [1.807, 2.05) is 33.8 Å². The first-order chi connectivity index (χ1) is 12.4. The van der Waals surface area contributed by atoms with E-state index in [9.17, 15) is 4.79 Å². The fourth-order valence-electron chi connectivity index (χ4n) is 3.53. The third-order valence-electron chi connectivity index (χ3n) is 5.51. The van der Waals surface area contributed by atoms with Crippen LogP contribution in [0.1, 0.15) is 41.3 Å². The summed E-state index contributed by atoms with van der Waals surface area (Å²) in [5.74, 6) is 2.60. The molecule has 1 amide bonds. The number of carbonyl (C=O) groups excluding carboxylic acids is 1. The molecule has 0 aromatic carbocycles. The van der Waals surface area contributed by atoms with Gasteiger partial charge in [-0.2, -0.15) is 5.10 Å². The van der Waals surface area contributed by atoms with Gasteiger partial charge in [0.2, 0.25) is 5.91 Å². The molecule has 6 heteroatoms. The number of aromatic nitrogens is 2.